The molecule has 2 aromatic rings. The molecule has 2 heterocycles. The Balaban J connectivity index is 1.62. The van der Waals surface area contributed by atoms with Gasteiger partial charge in [0.2, 0.25) is 0 Å². The summed E-state index contributed by atoms with van der Waals surface area (Å²) in [5.41, 5.74) is 2.77. The van der Waals surface area contributed by atoms with E-state index in [1.807, 2.05) is 18.2 Å². The summed E-state index contributed by atoms with van der Waals surface area (Å²) in [5, 5.41) is 3.05. The molecule has 7 heteroatoms. The van der Waals surface area contributed by atoms with Crippen molar-refractivity contribution in [1.29, 1.82) is 0 Å². The first-order chi connectivity index (χ1) is 13.9. The number of H-pyrrole nitrogens is 1. The maximum atomic E-state index is 13.1. The van der Waals surface area contributed by atoms with Gasteiger partial charge in [0.25, 0.3) is 11.8 Å². The fourth-order valence-corrected chi connectivity index (χ4v) is 3.72. The van der Waals surface area contributed by atoms with Crippen molar-refractivity contribution in [3.8, 4) is 0 Å². The zero-order valence-corrected chi connectivity index (χ0v) is 17.1. The van der Waals surface area contributed by atoms with Gasteiger partial charge in [0.1, 0.15) is 5.69 Å². The summed E-state index contributed by atoms with van der Waals surface area (Å²) in [6.07, 6.45) is 1.38. The molecule has 0 radical (unpaired) electrons. The van der Waals surface area contributed by atoms with Crippen LogP contribution in [0.15, 0.2) is 30.3 Å². The Morgan fingerprint density at radius 2 is 1.79 bits per heavy atom. The highest BCUT2D eigenvalue weighted by Crippen LogP contribution is 2.23. The molecule has 0 bridgehead atoms. The zero-order valence-electron chi connectivity index (χ0n) is 17.1. The largest absolute Gasteiger partial charge is 0.461 e. The second-order valence-electron chi connectivity index (χ2n) is 7.25. The average Bonchev–Trinajstić information content (AvgIpc) is 3.03. The number of aromatic nitrogens is 1. The minimum Gasteiger partial charge on any atom is -0.461 e. The van der Waals surface area contributed by atoms with E-state index in [0.717, 1.165) is 0 Å². The number of piperidine rings is 1. The molecule has 154 valence electrons. The average molecular weight is 397 g/mol. The summed E-state index contributed by atoms with van der Waals surface area (Å²) >= 11 is 0. The van der Waals surface area contributed by atoms with E-state index in [1.54, 1.807) is 37.8 Å². The summed E-state index contributed by atoms with van der Waals surface area (Å²) < 4.78 is 5.05. The third kappa shape index (κ3) is 4.50. The second-order valence-corrected chi connectivity index (χ2v) is 7.25. The minimum atomic E-state index is -0.450. The number of aromatic amines is 1. The molecular formula is C22H27N3O4. The van der Waals surface area contributed by atoms with Crippen LogP contribution in [0.3, 0.4) is 0 Å². The number of carbonyl (C=O) groups excluding carboxylic acids is 3. The molecule has 2 N–H and O–H groups in total. The predicted octanol–water partition coefficient (Wildman–Crippen LogP) is 2.84. The van der Waals surface area contributed by atoms with E-state index in [2.05, 4.69) is 10.3 Å². The lowest BCUT2D eigenvalue weighted by Gasteiger charge is -2.32. The maximum Gasteiger partial charge on any atom is 0.355 e. The highest BCUT2D eigenvalue weighted by molar-refractivity contribution is 6.01. The van der Waals surface area contributed by atoms with E-state index in [1.165, 1.54) is 0 Å². The second kappa shape index (κ2) is 8.94. The fourth-order valence-electron chi connectivity index (χ4n) is 3.72. The third-order valence-electron chi connectivity index (χ3n) is 5.28. The van der Waals surface area contributed by atoms with Gasteiger partial charge in [0, 0.05) is 30.4 Å². The molecule has 0 unspecified atom stereocenters. The van der Waals surface area contributed by atoms with Crippen LogP contribution in [0.4, 0.5) is 0 Å². The van der Waals surface area contributed by atoms with Crippen LogP contribution in [0.1, 0.15) is 62.2 Å². The molecule has 1 aromatic carbocycles. The number of aryl methyl sites for hydroxylation is 1. The SMILES string of the molecule is CCOC(=O)c1[nH]c(C)c(C(=O)N2CCC(NC(=O)c3ccccc3)CC2)c1C. The molecule has 0 atom stereocenters. The number of carbonyl (C=O) groups is 3. The molecule has 2 amide bonds. The molecule has 29 heavy (non-hydrogen) atoms. The van der Waals surface area contributed by atoms with Crippen molar-refractivity contribution < 1.29 is 19.1 Å². The molecule has 1 saturated heterocycles. The number of amides is 2. The van der Waals surface area contributed by atoms with Gasteiger partial charge in [0.15, 0.2) is 0 Å². The van der Waals surface area contributed by atoms with Gasteiger partial charge in [-0.3, -0.25) is 9.59 Å². The number of likely N-dealkylation sites (tertiary alicyclic amines) is 1. The quantitative estimate of drug-likeness (QED) is 0.759. The van der Waals surface area contributed by atoms with Crippen LogP contribution >= 0.6 is 0 Å². The normalized spacial score (nSPS) is 14.5. The zero-order chi connectivity index (χ0) is 21.0. The molecule has 0 aliphatic carbocycles. The van der Waals surface area contributed by atoms with Crippen LogP contribution in [0, 0.1) is 13.8 Å². The first-order valence-corrected chi connectivity index (χ1v) is 9.93. The topological polar surface area (TPSA) is 91.5 Å². The lowest BCUT2D eigenvalue weighted by atomic mass is 10.0. The molecule has 1 fully saturated rings. The number of nitrogens with zero attached hydrogens (tertiary/aromatic N) is 1. The van der Waals surface area contributed by atoms with Crippen molar-refractivity contribution >= 4 is 17.8 Å². The number of benzene rings is 1. The van der Waals surface area contributed by atoms with Gasteiger partial charge in [-0.15, -0.1) is 0 Å². The van der Waals surface area contributed by atoms with Crippen LogP contribution in [-0.4, -0.2) is 53.4 Å². The van der Waals surface area contributed by atoms with Crippen molar-refractivity contribution in [2.75, 3.05) is 19.7 Å². The molecule has 1 aromatic heterocycles. The third-order valence-corrected chi connectivity index (χ3v) is 5.28. The van der Waals surface area contributed by atoms with E-state index >= 15 is 0 Å². The van der Waals surface area contributed by atoms with E-state index in [-0.39, 0.29) is 24.5 Å². The summed E-state index contributed by atoms with van der Waals surface area (Å²) in [5.74, 6) is -0.638. The Morgan fingerprint density at radius 1 is 1.14 bits per heavy atom. The van der Waals surface area contributed by atoms with Crippen LogP contribution in [0.5, 0.6) is 0 Å². The van der Waals surface area contributed by atoms with Crippen LogP contribution < -0.4 is 5.32 Å². The highest BCUT2D eigenvalue weighted by atomic mass is 16.5. The molecule has 0 saturated carbocycles. The Bertz CT molecular complexity index is 896. The van der Waals surface area contributed by atoms with Gasteiger partial charge in [-0.2, -0.15) is 0 Å². The molecule has 1 aliphatic heterocycles. The fraction of sp³-hybridized carbons (Fsp3) is 0.409. The predicted molar refractivity (Wildman–Crippen MR) is 109 cm³/mol. The first-order valence-electron chi connectivity index (χ1n) is 9.93. The minimum absolute atomic E-state index is 0.0373. The Labute approximate surface area is 170 Å². The van der Waals surface area contributed by atoms with E-state index < -0.39 is 5.97 Å². The van der Waals surface area contributed by atoms with Crippen molar-refractivity contribution in [3.63, 3.8) is 0 Å². The highest BCUT2D eigenvalue weighted by Gasteiger charge is 2.29. The number of esters is 1. The van der Waals surface area contributed by atoms with Gasteiger partial charge >= 0.3 is 5.97 Å². The lowest BCUT2D eigenvalue weighted by Crippen LogP contribution is -2.46. The number of hydrogen-bond donors (Lipinski definition) is 2. The molecule has 1 aliphatic rings. The Morgan fingerprint density at radius 3 is 2.41 bits per heavy atom. The Hall–Kier alpha value is -3.09. The van der Waals surface area contributed by atoms with E-state index in [4.69, 9.17) is 4.74 Å². The van der Waals surface area contributed by atoms with Crippen molar-refractivity contribution in [2.24, 2.45) is 0 Å². The standard InChI is InChI=1S/C22H27N3O4/c1-4-29-22(28)19-14(2)18(15(3)23-19)21(27)25-12-10-17(11-13-25)24-20(26)16-8-6-5-7-9-16/h5-9,17,23H,4,10-13H2,1-3H3,(H,24,26). The lowest BCUT2D eigenvalue weighted by molar-refractivity contribution is 0.0519. The number of ether oxygens (including phenoxy) is 1. The van der Waals surface area contributed by atoms with Crippen LogP contribution in [0.2, 0.25) is 0 Å². The smallest absolute Gasteiger partial charge is 0.355 e. The molecule has 3 rings (SSSR count). The summed E-state index contributed by atoms with van der Waals surface area (Å²) in [7, 11) is 0. The first kappa shape index (κ1) is 20.6. The monoisotopic (exact) mass is 397 g/mol. The van der Waals surface area contributed by atoms with Gasteiger partial charge in [-0.25, -0.2) is 4.79 Å². The summed E-state index contributed by atoms with van der Waals surface area (Å²) in [6.45, 7) is 6.68. The van der Waals surface area contributed by atoms with Crippen molar-refractivity contribution in [3.05, 3.63) is 58.4 Å². The number of hydrogen-bond acceptors (Lipinski definition) is 4. The van der Waals surface area contributed by atoms with Crippen molar-refractivity contribution in [2.45, 2.75) is 39.7 Å². The Kier molecular flexibility index (Phi) is 6.36. The van der Waals surface area contributed by atoms with Crippen molar-refractivity contribution in [1.82, 2.24) is 15.2 Å². The maximum absolute atomic E-state index is 13.1. The molecular weight excluding hydrogens is 370 g/mol. The van der Waals surface area contributed by atoms with Gasteiger partial charge < -0.3 is 19.9 Å². The van der Waals surface area contributed by atoms with E-state index in [9.17, 15) is 14.4 Å². The summed E-state index contributed by atoms with van der Waals surface area (Å²) in [4.78, 5) is 42.2. The van der Waals surface area contributed by atoms with Crippen LogP contribution in [-0.2, 0) is 4.74 Å². The molecule has 7 nitrogen and oxygen atoms in total. The molecule has 0 spiro atoms. The van der Waals surface area contributed by atoms with Gasteiger partial charge in [-0.05, 0) is 51.3 Å². The number of nitrogens with one attached hydrogen (secondary N) is 2. The summed E-state index contributed by atoms with van der Waals surface area (Å²) in [6, 6.07) is 9.15. The van der Waals surface area contributed by atoms with Crippen LogP contribution in [0.25, 0.3) is 0 Å². The van der Waals surface area contributed by atoms with E-state index in [0.29, 0.717) is 54.0 Å². The van der Waals surface area contributed by atoms with Gasteiger partial charge in [-0.1, -0.05) is 18.2 Å². The number of rotatable bonds is 5. The van der Waals surface area contributed by atoms with Gasteiger partial charge in [0.05, 0.1) is 12.2 Å².